The van der Waals surface area contributed by atoms with Gasteiger partial charge in [-0.3, -0.25) is 0 Å². The van der Waals surface area contributed by atoms with Crippen LogP contribution in [0.1, 0.15) is 32.4 Å². The maximum atomic E-state index is 13.8. The van der Waals surface area contributed by atoms with Gasteiger partial charge in [-0.15, -0.1) is 12.4 Å². The van der Waals surface area contributed by atoms with Gasteiger partial charge in [0, 0.05) is 18.4 Å². The summed E-state index contributed by atoms with van der Waals surface area (Å²) in [7, 11) is 0. The molecule has 1 aromatic carbocycles. The first-order chi connectivity index (χ1) is 11.1. The molecule has 1 aliphatic heterocycles. The number of rotatable bonds is 5. The summed E-state index contributed by atoms with van der Waals surface area (Å²) in [6.07, 6.45) is 4.45. The average molecular weight is 374 g/mol. The third-order valence-electron chi connectivity index (χ3n) is 3.75. The highest BCUT2D eigenvalue weighted by Gasteiger charge is 2.17. The lowest BCUT2D eigenvalue weighted by atomic mass is 10.1. The number of aromatic hydroxyl groups is 1. The predicted molar refractivity (Wildman–Crippen MR) is 94.6 cm³/mol. The lowest BCUT2D eigenvalue weighted by Crippen LogP contribution is -2.09. The quantitative estimate of drug-likeness (QED) is 0.761. The normalized spacial score (nSPS) is 16.0. The number of halogens is 3. The van der Waals surface area contributed by atoms with E-state index < -0.39 is 17.4 Å². The van der Waals surface area contributed by atoms with Gasteiger partial charge in [0.05, 0.1) is 18.0 Å². The van der Waals surface area contributed by atoms with E-state index in [1.54, 1.807) is 0 Å². The summed E-state index contributed by atoms with van der Waals surface area (Å²) < 4.78 is 32.6. The van der Waals surface area contributed by atoms with Crippen LogP contribution in [0.25, 0.3) is 0 Å². The van der Waals surface area contributed by atoms with Gasteiger partial charge in [0.25, 0.3) is 0 Å². The van der Waals surface area contributed by atoms with E-state index >= 15 is 0 Å². The number of nitrogens with zero attached hydrogens (tertiary/aromatic N) is 2. The molecule has 2 heterocycles. The van der Waals surface area contributed by atoms with Crippen LogP contribution in [0.15, 0.2) is 24.4 Å². The third kappa shape index (κ3) is 5.51. The number of aromatic nitrogens is 2. The van der Waals surface area contributed by atoms with E-state index in [0.717, 1.165) is 31.7 Å². The van der Waals surface area contributed by atoms with Crippen molar-refractivity contribution >= 4 is 24.0 Å². The smallest absolute Gasteiger partial charge is 0.227 e. The summed E-state index contributed by atoms with van der Waals surface area (Å²) >= 11 is 0. The van der Waals surface area contributed by atoms with Crippen LogP contribution in [-0.4, -0.2) is 27.8 Å². The minimum atomic E-state index is -0.754. The van der Waals surface area contributed by atoms with Gasteiger partial charge in [-0.25, -0.2) is 18.7 Å². The molecule has 3 rings (SSSR count). The van der Waals surface area contributed by atoms with Crippen LogP contribution >= 0.6 is 12.4 Å². The van der Waals surface area contributed by atoms with E-state index in [9.17, 15) is 8.78 Å². The van der Waals surface area contributed by atoms with Gasteiger partial charge in [0.2, 0.25) is 5.95 Å². The van der Waals surface area contributed by atoms with Crippen molar-refractivity contribution in [2.45, 2.75) is 39.2 Å². The number of hydrogen-bond donors (Lipinski definition) is 2. The van der Waals surface area contributed by atoms with Gasteiger partial charge in [-0.05, 0) is 37.8 Å². The first-order valence-corrected chi connectivity index (χ1v) is 7.50. The van der Waals surface area contributed by atoms with Gasteiger partial charge in [0.1, 0.15) is 0 Å². The summed E-state index contributed by atoms with van der Waals surface area (Å²) in [5.41, 5.74) is 0.675. The van der Waals surface area contributed by atoms with Crippen LogP contribution in [0, 0.1) is 11.6 Å². The Balaban J connectivity index is 0.00000156. The van der Waals surface area contributed by atoms with Crippen molar-refractivity contribution in [1.82, 2.24) is 9.97 Å². The second-order valence-corrected chi connectivity index (χ2v) is 5.45. The second-order valence-electron chi connectivity index (χ2n) is 5.45. The van der Waals surface area contributed by atoms with Crippen LogP contribution in [-0.2, 0) is 11.2 Å². The van der Waals surface area contributed by atoms with Gasteiger partial charge in [-0.1, -0.05) is 7.43 Å². The number of phenols is 1. The monoisotopic (exact) mass is 373 g/mol. The van der Waals surface area contributed by atoms with Crippen molar-refractivity contribution in [2.75, 3.05) is 11.9 Å². The summed E-state index contributed by atoms with van der Waals surface area (Å²) in [5.74, 6) is -1.48. The number of hydrogen-bond acceptors (Lipinski definition) is 5. The van der Waals surface area contributed by atoms with Crippen LogP contribution in [0.3, 0.4) is 0 Å². The summed E-state index contributed by atoms with van der Waals surface area (Å²) in [6.45, 7) is 0.760. The van der Waals surface area contributed by atoms with Crippen LogP contribution < -0.4 is 5.32 Å². The van der Waals surface area contributed by atoms with Crippen LogP contribution in [0.4, 0.5) is 20.4 Å². The first-order valence-electron chi connectivity index (χ1n) is 7.50. The molecule has 2 N–H and O–H groups in total. The van der Waals surface area contributed by atoms with Crippen molar-refractivity contribution < 1.29 is 18.6 Å². The molecule has 5 nitrogen and oxygen atoms in total. The van der Waals surface area contributed by atoms with Crippen molar-refractivity contribution in [3.63, 3.8) is 0 Å². The standard InChI is InChI=1S/C16H17F2N3O2.CH4.ClH/c17-12-8-10(3-6-15(12)22)20-16-19-9-13(18)14(21-16)5-4-11-2-1-7-23-11;;/h3,6,8-9,11,22H,1-2,4-5,7H2,(H,19,20,21);1H4;1H. The minimum Gasteiger partial charge on any atom is -0.505 e. The van der Waals surface area contributed by atoms with E-state index in [4.69, 9.17) is 9.84 Å². The molecule has 25 heavy (non-hydrogen) atoms. The summed E-state index contributed by atoms with van der Waals surface area (Å²) in [5, 5.41) is 12.0. The molecular formula is C17H22ClF2N3O2. The Labute approximate surface area is 151 Å². The molecule has 0 bridgehead atoms. The van der Waals surface area contributed by atoms with E-state index in [0.29, 0.717) is 24.2 Å². The molecule has 1 fully saturated rings. The second kappa shape index (κ2) is 9.48. The number of phenolic OH excluding ortho intramolecular Hbond substituents is 1. The Morgan fingerprint density at radius 3 is 2.76 bits per heavy atom. The molecule has 2 aromatic rings. The number of nitrogens with one attached hydrogen (secondary N) is 1. The molecule has 0 amide bonds. The number of ether oxygens (including phenoxy) is 1. The topological polar surface area (TPSA) is 67.3 Å². The molecule has 1 aromatic heterocycles. The highest BCUT2D eigenvalue weighted by Crippen LogP contribution is 2.22. The van der Waals surface area contributed by atoms with E-state index in [1.807, 2.05) is 0 Å². The molecule has 1 unspecified atom stereocenters. The van der Waals surface area contributed by atoms with Crippen LogP contribution in [0.5, 0.6) is 5.75 Å². The first kappa shape index (κ1) is 21.1. The lowest BCUT2D eigenvalue weighted by Gasteiger charge is -2.10. The molecule has 0 spiro atoms. The van der Waals surface area contributed by atoms with Crippen molar-refractivity contribution in [3.05, 3.63) is 41.7 Å². The molecule has 0 saturated carbocycles. The minimum absolute atomic E-state index is 0. The predicted octanol–water partition coefficient (Wildman–Crippen LogP) is 4.37. The van der Waals surface area contributed by atoms with Crippen molar-refractivity contribution in [3.8, 4) is 5.75 Å². The van der Waals surface area contributed by atoms with Gasteiger partial charge in [0.15, 0.2) is 17.4 Å². The zero-order valence-electron chi connectivity index (χ0n) is 12.8. The zero-order chi connectivity index (χ0) is 16.2. The molecule has 1 saturated heterocycles. The largest absolute Gasteiger partial charge is 0.505 e. The molecule has 138 valence electrons. The molecular weight excluding hydrogens is 352 g/mol. The van der Waals surface area contributed by atoms with Gasteiger partial charge < -0.3 is 15.2 Å². The summed E-state index contributed by atoms with van der Waals surface area (Å²) in [6, 6.07) is 3.82. The molecule has 0 aliphatic carbocycles. The Morgan fingerprint density at radius 1 is 1.28 bits per heavy atom. The fourth-order valence-corrected chi connectivity index (χ4v) is 2.52. The fraction of sp³-hybridized carbons (Fsp3) is 0.412. The average Bonchev–Trinajstić information content (AvgIpc) is 3.05. The van der Waals surface area contributed by atoms with E-state index in [1.165, 1.54) is 12.1 Å². The zero-order valence-corrected chi connectivity index (χ0v) is 13.7. The van der Waals surface area contributed by atoms with Crippen molar-refractivity contribution in [2.24, 2.45) is 0 Å². The maximum Gasteiger partial charge on any atom is 0.227 e. The van der Waals surface area contributed by atoms with Gasteiger partial charge in [-0.2, -0.15) is 0 Å². The number of benzene rings is 1. The van der Waals surface area contributed by atoms with Crippen molar-refractivity contribution in [1.29, 1.82) is 0 Å². The maximum absolute atomic E-state index is 13.8. The van der Waals surface area contributed by atoms with Crippen LogP contribution in [0.2, 0.25) is 0 Å². The SMILES string of the molecule is C.Cl.Oc1ccc(Nc2ncc(F)c(CCC3CCCO3)n2)cc1F. The fourth-order valence-electron chi connectivity index (χ4n) is 2.52. The highest BCUT2D eigenvalue weighted by molar-refractivity contribution is 5.85. The molecule has 8 heteroatoms. The Morgan fingerprint density at radius 2 is 2.08 bits per heavy atom. The highest BCUT2D eigenvalue weighted by atomic mass is 35.5. The van der Waals surface area contributed by atoms with E-state index in [2.05, 4.69) is 15.3 Å². The Hall–Kier alpha value is -1.99. The molecule has 0 radical (unpaired) electrons. The third-order valence-corrected chi connectivity index (χ3v) is 3.75. The van der Waals surface area contributed by atoms with E-state index in [-0.39, 0.29) is 31.9 Å². The number of aryl methyl sites for hydroxylation is 1. The molecule has 1 aliphatic rings. The molecule has 1 atom stereocenters. The Bertz CT molecular complexity index is 698. The summed E-state index contributed by atoms with van der Waals surface area (Å²) in [4.78, 5) is 8.00. The lowest BCUT2D eigenvalue weighted by molar-refractivity contribution is 0.104. The number of anilines is 2. The van der Waals surface area contributed by atoms with Gasteiger partial charge >= 0.3 is 0 Å². The Kier molecular flexibility index (Phi) is 7.99.